The Morgan fingerprint density at radius 1 is 0.400 bits per heavy atom. The molecule has 11 rings (SSSR count). The lowest BCUT2D eigenvalue weighted by Crippen LogP contribution is -2.33. The lowest BCUT2D eigenvalue weighted by atomic mass is 9.99. The number of aromatic nitrogens is 1. The van der Waals surface area contributed by atoms with E-state index in [0.29, 0.717) is 5.84 Å². The Hall–Kier alpha value is -7.30. The molecule has 1 atom stereocenters. The first-order valence-corrected chi connectivity index (χ1v) is 18.8. The van der Waals surface area contributed by atoms with Crippen LogP contribution >= 0.6 is 0 Å². The van der Waals surface area contributed by atoms with Crippen molar-refractivity contribution >= 4 is 65.8 Å². The molecule has 1 N–H and O–H groups in total. The predicted molar refractivity (Wildman–Crippen MR) is 231 cm³/mol. The summed E-state index contributed by atoms with van der Waals surface area (Å²) in [6.07, 6.45) is -0.357. The summed E-state index contributed by atoms with van der Waals surface area (Å²) >= 11 is 0. The minimum absolute atomic E-state index is 0.357. The lowest BCUT2D eigenvalue weighted by Gasteiger charge is -2.25. The maximum atomic E-state index is 5.28. The number of benzene rings is 9. The zero-order chi connectivity index (χ0) is 36.3. The molecule has 0 saturated carbocycles. The van der Waals surface area contributed by atoms with Crippen LogP contribution in [0.25, 0.3) is 70.9 Å². The average molecular weight is 703 g/mol. The van der Waals surface area contributed by atoms with Gasteiger partial charge in [-0.05, 0) is 68.4 Å². The molecule has 0 bridgehead atoms. The van der Waals surface area contributed by atoms with E-state index in [-0.39, 0.29) is 6.17 Å². The van der Waals surface area contributed by atoms with E-state index in [2.05, 4.69) is 186 Å². The molecular formula is C51H34N4. The van der Waals surface area contributed by atoms with Crippen LogP contribution < -0.4 is 5.32 Å². The highest BCUT2D eigenvalue weighted by atomic mass is 15.2. The van der Waals surface area contributed by atoms with Gasteiger partial charge in [0, 0.05) is 32.8 Å². The highest BCUT2D eigenvalue weighted by molar-refractivity contribution is 6.15. The molecule has 0 fully saturated rings. The Morgan fingerprint density at radius 2 is 1.04 bits per heavy atom. The van der Waals surface area contributed by atoms with Crippen molar-refractivity contribution in [1.29, 1.82) is 0 Å². The molecule has 4 heteroatoms. The van der Waals surface area contributed by atoms with Gasteiger partial charge in [-0.3, -0.25) is 0 Å². The summed E-state index contributed by atoms with van der Waals surface area (Å²) in [6, 6.07) is 69.4. The summed E-state index contributed by atoms with van der Waals surface area (Å²) < 4.78 is 2.43. The summed E-state index contributed by atoms with van der Waals surface area (Å²) in [7, 11) is 0. The Kier molecular flexibility index (Phi) is 7.20. The average Bonchev–Trinajstić information content (AvgIpc) is 3.58. The number of para-hydroxylation sites is 1. The fourth-order valence-corrected chi connectivity index (χ4v) is 8.33. The maximum Gasteiger partial charge on any atom is 0.159 e. The van der Waals surface area contributed by atoms with Gasteiger partial charge in [-0.2, -0.15) is 0 Å². The van der Waals surface area contributed by atoms with Crippen LogP contribution in [0.2, 0.25) is 0 Å². The minimum atomic E-state index is -0.357. The molecule has 2 heterocycles. The minimum Gasteiger partial charge on any atom is -0.344 e. The number of fused-ring (bicyclic) bond motifs is 6. The molecule has 1 aromatic heterocycles. The number of nitrogens with one attached hydrogen (secondary N) is 1. The molecule has 0 amide bonds. The van der Waals surface area contributed by atoms with Crippen molar-refractivity contribution in [2.24, 2.45) is 9.98 Å². The second-order valence-corrected chi connectivity index (χ2v) is 14.3. The molecule has 1 aliphatic heterocycles. The Bertz CT molecular complexity index is 3170. The van der Waals surface area contributed by atoms with Crippen LogP contribution in [0.1, 0.15) is 22.9 Å². The van der Waals surface area contributed by atoms with Crippen LogP contribution in [0.3, 0.4) is 0 Å². The molecule has 55 heavy (non-hydrogen) atoms. The van der Waals surface area contributed by atoms with E-state index in [1.165, 1.54) is 54.5 Å². The third-order valence-corrected chi connectivity index (χ3v) is 11.0. The van der Waals surface area contributed by atoms with Gasteiger partial charge in [-0.25, -0.2) is 9.98 Å². The van der Waals surface area contributed by atoms with Gasteiger partial charge in [0.2, 0.25) is 0 Å². The highest BCUT2D eigenvalue weighted by Gasteiger charge is 2.24. The van der Waals surface area contributed by atoms with Crippen LogP contribution in [-0.4, -0.2) is 16.2 Å². The number of aliphatic imine (C=N–C) groups is 2. The zero-order valence-corrected chi connectivity index (χ0v) is 29.9. The largest absolute Gasteiger partial charge is 0.344 e. The number of hydrogen-bond donors (Lipinski definition) is 1. The van der Waals surface area contributed by atoms with Gasteiger partial charge in [0.1, 0.15) is 12.0 Å². The molecule has 0 radical (unpaired) electrons. The van der Waals surface area contributed by atoms with Crippen molar-refractivity contribution in [3.8, 4) is 16.8 Å². The molecule has 0 saturated heterocycles. The molecule has 4 nitrogen and oxygen atoms in total. The van der Waals surface area contributed by atoms with Crippen LogP contribution in [0, 0.1) is 0 Å². The van der Waals surface area contributed by atoms with Crippen LogP contribution in [0.5, 0.6) is 0 Å². The fraction of sp³-hybridized carbons (Fsp3) is 0.0196. The van der Waals surface area contributed by atoms with Gasteiger partial charge in [-0.15, -0.1) is 0 Å². The van der Waals surface area contributed by atoms with Crippen molar-refractivity contribution in [1.82, 2.24) is 9.88 Å². The molecule has 9 aromatic carbocycles. The quantitative estimate of drug-likeness (QED) is 0.191. The maximum absolute atomic E-state index is 5.28. The number of nitrogens with zero attached hydrogens (tertiary/aromatic N) is 3. The third kappa shape index (κ3) is 5.30. The zero-order valence-electron chi connectivity index (χ0n) is 29.9. The molecule has 1 aliphatic rings. The van der Waals surface area contributed by atoms with E-state index < -0.39 is 0 Å². The predicted octanol–water partition coefficient (Wildman–Crippen LogP) is 12.4. The topological polar surface area (TPSA) is 41.7 Å². The number of amidine groups is 2. The smallest absolute Gasteiger partial charge is 0.159 e. The number of rotatable bonds is 5. The van der Waals surface area contributed by atoms with Gasteiger partial charge in [0.05, 0.1) is 16.7 Å². The van der Waals surface area contributed by atoms with Gasteiger partial charge in [0.15, 0.2) is 5.84 Å². The van der Waals surface area contributed by atoms with E-state index >= 15 is 0 Å². The second-order valence-electron chi connectivity index (χ2n) is 14.3. The summed E-state index contributed by atoms with van der Waals surface area (Å²) in [5.41, 5.74) is 8.97. The second kappa shape index (κ2) is 12.7. The molecule has 258 valence electrons. The SMILES string of the molecule is c1ccc(C2=NC(c3cccc4c(-n5c6ccccc6c6cc7ccccc7cc65)cccc34)NC(c3ccc(-c4ccc5ccccc5c4)cc3)=N2)cc1. The summed E-state index contributed by atoms with van der Waals surface area (Å²) in [5, 5.41) is 13.5. The monoisotopic (exact) mass is 702 g/mol. The summed E-state index contributed by atoms with van der Waals surface area (Å²) in [5.74, 6) is 1.51. The van der Waals surface area contributed by atoms with Gasteiger partial charge < -0.3 is 9.88 Å². The van der Waals surface area contributed by atoms with Gasteiger partial charge in [0.25, 0.3) is 0 Å². The summed E-state index contributed by atoms with van der Waals surface area (Å²) in [6.45, 7) is 0. The Morgan fingerprint density at radius 3 is 1.87 bits per heavy atom. The van der Waals surface area contributed by atoms with Crippen LogP contribution in [0.15, 0.2) is 204 Å². The van der Waals surface area contributed by atoms with Crippen molar-refractivity contribution in [3.63, 3.8) is 0 Å². The van der Waals surface area contributed by atoms with Gasteiger partial charge >= 0.3 is 0 Å². The van der Waals surface area contributed by atoms with E-state index in [1.54, 1.807) is 0 Å². The number of hydrogen-bond acceptors (Lipinski definition) is 3. The lowest BCUT2D eigenvalue weighted by molar-refractivity contribution is 0.679. The van der Waals surface area contributed by atoms with Crippen molar-refractivity contribution < 1.29 is 0 Å². The first-order chi connectivity index (χ1) is 27.2. The van der Waals surface area contributed by atoms with Crippen LogP contribution in [-0.2, 0) is 0 Å². The standard InChI is InChI=1S/C51H34N4/c1-2-13-35(14-3-1)49-52-50(36-27-24-34(25-28-36)40-29-26-33-12-4-5-15-37(33)30-40)54-51(53-49)44-21-10-20-42-41(44)19-11-23-47(42)55-46-22-9-8-18-43(46)45-31-38-16-6-7-17-39(38)32-48(45)55/h1-32,51H,(H,52,53,54). The molecule has 10 aromatic rings. The fourth-order valence-electron chi connectivity index (χ4n) is 8.33. The first kappa shape index (κ1) is 31.2. The molecule has 1 unspecified atom stereocenters. The Balaban J connectivity index is 1.03. The normalized spacial score (nSPS) is 14.4. The first-order valence-electron chi connectivity index (χ1n) is 18.8. The van der Waals surface area contributed by atoms with Crippen LogP contribution in [0.4, 0.5) is 0 Å². The van der Waals surface area contributed by atoms with Crippen molar-refractivity contribution in [2.45, 2.75) is 6.17 Å². The van der Waals surface area contributed by atoms with E-state index in [9.17, 15) is 0 Å². The molecular weight excluding hydrogens is 669 g/mol. The Labute approximate surface area is 318 Å². The van der Waals surface area contributed by atoms with E-state index in [1.807, 2.05) is 18.2 Å². The van der Waals surface area contributed by atoms with E-state index in [0.717, 1.165) is 39.0 Å². The molecule has 0 aliphatic carbocycles. The van der Waals surface area contributed by atoms with Crippen molar-refractivity contribution in [2.75, 3.05) is 0 Å². The summed E-state index contributed by atoms with van der Waals surface area (Å²) in [4.78, 5) is 10.4. The highest BCUT2D eigenvalue weighted by Crippen LogP contribution is 2.38. The van der Waals surface area contributed by atoms with Crippen molar-refractivity contribution in [3.05, 3.63) is 211 Å². The third-order valence-electron chi connectivity index (χ3n) is 11.0. The van der Waals surface area contributed by atoms with Gasteiger partial charge in [-0.1, -0.05) is 164 Å². The molecule has 0 spiro atoms. The van der Waals surface area contributed by atoms with E-state index in [4.69, 9.17) is 9.98 Å².